The van der Waals surface area contributed by atoms with Crippen molar-refractivity contribution in [3.8, 4) is 0 Å². The van der Waals surface area contributed by atoms with E-state index in [1.165, 1.54) is 17.4 Å². The fourth-order valence-corrected chi connectivity index (χ4v) is 2.71. The normalized spacial score (nSPS) is 10.3. The zero-order valence-corrected chi connectivity index (χ0v) is 12.2. The summed E-state index contributed by atoms with van der Waals surface area (Å²) in [5.74, 6) is -2.68. The monoisotopic (exact) mass is 322 g/mol. The number of carbonyl (C=O) groups excluding carboxylic acids is 2. The second-order valence-corrected chi connectivity index (χ2v) is 5.42. The number of carbonyl (C=O) groups is 2. The maximum Gasteiger partial charge on any atom is 0.250 e. The molecule has 0 spiro atoms. The summed E-state index contributed by atoms with van der Waals surface area (Å²) in [6.45, 7) is 3.42. The number of halogens is 2. The van der Waals surface area contributed by atoms with Crippen molar-refractivity contribution in [2.75, 3.05) is 4.90 Å². The summed E-state index contributed by atoms with van der Waals surface area (Å²) in [6, 6.07) is 4.35. The highest BCUT2D eigenvalue weighted by Gasteiger charge is 2.17. The maximum atomic E-state index is 13.3. The highest BCUT2D eigenvalue weighted by Crippen LogP contribution is 2.23. The quantitative estimate of drug-likeness (QED) is 0.860. The van der Waals surface area contributed by atoms with Crippen LogP contribution >= 0.6 is 11.3 Å². The van der Waals surface area contributed by atoms with Gasteiger partial charge in [-0.15, -0.1) is 11.3 Å². The third-order valence-corrected chi connectivity index (χ3v) is 3.77. The number of amides is 2. The van der Waals surface area contributed by atoms with Crippen LogP contribution in [0.2, 0.25) is 0 Å². The molecule has 0 fully saturated rings. The highest BCUT2D eigenvalue weighted by molar-refractivity contribution is 7.10. The lowest BCUT2D eigenvalue weighted by atomic mass is 10.2. The Morgan fingerprint density at radius 3 is 2.36 bits per heavy atom. The first-order valence-corrected chi connectivity index (χ1v) is 7.06. The lowest BCUT2D eigenvalue weighted by Crippen LogP contribution is -2.28. The maximum absolute atomic E-state index is 13.3. The van der Waals surface area contributed by atoms with Crippen molar-refractivity contribution in [2.45, 2.75) is 6.54 Å². The molecule has 1 heterocycles. The Bertz CT molecular complexity index is 723. The van der Waals surface area contributed by atoms with Gasteiger partial charge in [0.15, 0.2) is 0 Å². The topological polar surface area (TPSA) is 63.4 Å². The molecule has 1 aromatic carbocycles. The summed E-state index contributed by atoms with van der Waals surface area (Å²) in [5, 5.41) is 1.56. The van der Waals surface area contributed by atoms with Crippen molar-refractivity contribution in [1.82, 2.24) is 0 Å². The van der Waals surface area contributed by atoms with Crippen molar-refractivity contribution < 1.29 is 18.4 Å². The Kier molecular flexibility index (Phi) is 4.67. The van der Waals surface area contributed by atoms with Gasteiger partial charge < -0.3 is 10.6 Å². The number of benzene rings is 1. The van der Waals surface area contributed by atoms with Crippen LogP contribution in [0.1, 0.15) is 15.2 Å². The number of nitrogens with zero attached hydrogens (tertiary/aromatic N) is 1. The average molecular weight is 322 g/mol. The van der Waals surface area contributed by atoms with Gasteiger partial charge in [-0.3, -0.25) is 9.59 Å². The van der Waals surface area contributed by atoms with Gasteiger partial charge in [0.2, 0.25) is 5.91 Å². The molecule has 0 aliphatic rings. The molecule has 0 aliphatic heterocycles. The molecule has 0 aliphatic carbocycles. The second-order valence-electron chi connectivity index (χ2n) is 4.42. The summed E-state index contributed by atoms with van der Waals surface area (Å²) < 4.78 is 26.7. The molecule has 22 heavy (non-hydrogen) atoms. The number of nitrogens with two attached hydrogens (primary N) is 1. The molecule has 2 N–H and O–H groups in total. The Hall–Kier alpha value is -2.54. The van der Waals surface area contributed by atoms with Crippen LogP contribution in [0.5, 0.6) is 0 Å². The molecular formula is C15H12F2N2O2S. The third kappa shape index (κ3) is 3.56. The summed E-state index contributed by atoms with van der Waals surface area (Å²) >= 11 is 1.22. The van der Waals surface area contributed by atoms with E-state index >= 15 is 0 Å². The van der Waals surface area contributed by atoms with Crippen molar-refractivity contribution in [3.05, 3.63) is 64.4 Å². The van der Waals surface area contributed by atoms with Crippen LogP contribution in [0.4, 0.5) is 14.5 Å². The fourth-order valence-electron chi connectivity index (χ4n) is 1.85. The van der Waals surface area contributed by atoms with Gasteiger partial charge in [0, 0.05) is 16.3 Å². The molecule has 1 aromatic heterocycles. The summed E-state index contributed by atoms with van der Waals surface area (Å²) in [5.41, 5.74) is 5.55. The first-order valence-electron chi connectivity index (χ1n) is 6.18. The molecule has 114 valence electrons. The van der Waals surface area contributed by atoms with Gasteiger partial charge in [0.1, 0.15) is 11.6 Å². The molecule has 2 rings (SSSR count). The van der Waals surface area contributed by atoms with E-state index in [1.54, 1.807) is 5.38 Å². The number of hydrogen-bond donors (Lipinski definition) is 1. The summed E-state index contributed by atoms with van der Waals surface area (Å²) in [7, 11) is 0. The lowest BCUT2D eigenvalue weighted by Gasteiger charge is -2.20. The zero-order chi connectivity index (χ0) is 16.3. The van der Waals surface area contributed by atoms with E-state index < -0.39 is 23.4 Å². The standard InChI is InChI=1S/C15H12F2N2O2S/c1-2-14(20)19(12-5-10(16)4-11(17)6-12)7-13-3-9(8-22-13)15(18)21/h2-6,8H,1,7H2,(H2,18,21). The van der Waals surface area contributed by atoms with E-state index in [-0.39, 0.29) is 12.2 Å². The molecule has 0 saturated heterocycles. The molecule has 0 atom stereocenters. The van der Waals surface area contributed by atoms with Gasteiger partial charge in [-0.05, 0) is 24.3 Å². The van der Waals surface area contributed by atoms with Crippen LogP contribution in [0.3, 0.4) is 0 Å². The van der Waals surface area contributed by atoms with Gasteiger partial charge in [-0.1, -0.05) is 6.58 Å². The fraction of sp³-hybridized carbons (Fsp3) is 0.0667. The number of rotatable bonds is 5. The molecule has 4 nitrogen and oxygen atoms in total. The minimum Gasteiger partial charge on any atom is -0.366 e. The van der Waals surface area contributed by atoms with Crippen LogP contribution < -0.4 is 10.6 Å². The number of anilines is 1. The van der Waals surface area contributed by atoms with E-state index in [1.807, 2.05) is 0 Å². The van der Waals surface area contributed by atoms with E-state index in [0.29, 0.717) is 10.4 Å². The van der Waals surface area contributed by atoms with E-state index in [4.69, 9.17) is 5.73 Å². The smallest absolute Gasteiger partial charge is 0.250 e. The van der Waals surface area contributed by atoms with Gasteiger partial charge in [-0.2, -0.15) is 0 Å². The predicted octanol–water partition coefficient (Wildman–Crippen LogP) is 2.84. The van der Waals surface area contributed by atoms with E-state index in [0.717, 1.165) is 29.2 Å². The lowest BCUT2D eigenvalue weighted by molar-refractivity contribution is -0.114. The van der Waals surface area contributed by atoms with Crippen molar-refractivity contribution in [3.63, 3.8) is 0 Å². The Labute approximate surface area is 129 Å². The van der Waals surface area contributed by atoms with Crippen molar-refractivity contribution in [1.29, 1.82) is 0 Å². The van der Waals surface area contributed by atoms with Crippen LogP contribution in [0.15, 0.2) is 42.3 Å². The molecular weight excluding hydrogens is 310 g/mol. The molecule has 0 saturated carbocycles. The molecule has 7 heteroatoms. The van der Waals surface area contributed by atoms with Crippen LogP contribution in [0.25, 0.3) is 0 Å². The minimum atomic E-state index is -0.791. The van der Waals surface area contributed by atoms with Crippen LogP contribution in [-0.2, 0) is 11.3 Å². The molecule has 2 amide bonds. The van der Waals surface area contributed by atoms with Gasteiger partial charge in [0.25, 0.3) is 5.91 Å². The predicted molar refractivity (Wildman–Crippen MR) is 80.6 cm³/mol. The number of primary amides is 1. The van der Waals surface area contributed by atoms with Crippen LogP contribution in [0, 0.1) is 11.6 Å². The highest BCUT2D eigenvalue weighted by atomic mass is 32.1. The summed E-state index contributed by atoms with van der Waals surface area (Å²) in [6.07, 6.45) is 1.05. The minimum absolute atomic E-state index is 0.0473. The SMILES string of the molecule is C=CC(=O)N(Cc1cc(C(N)=O)cs1)c1cc(F)cc(F)c1. The van der Waals surface area contributed by atoms with Crippen molar-refractivity contribution in [2.24, 2.45) is 5.73 Å². The zero-order valence-electron chi connectivity index (χ0n) is 11.4. The average Bonchev–Trinajstić information content (AvgIpc) is 2.91. The molecule has 0 bridgehead atoms. The van der Waals surface area contributed by atoms with Gasteiger partial charge in [-0.25, -0.2) is 8.78 Å². The molecule has 0 unspecified atom stereocenters. The Morgan fingerprint density at radius 2 is 1.86 bits per heavy atom. The first-order chi connectivity index (χ1) is 10.4. The van der Waals surface area contributed by atoms with Gasteiger partial charge >= 0.3 is 0 Å². The van der Waals surface area contributed by atoms with E-state index in [9.17, 15) is 18.4 Å². The molecule has 0 radical (unpaired) electrons. The first kappa shape index (κ1) is 15.8. The van der Waals surface area contributed by atoms with Crippen molar-refractivity contribution >= 4 is 28.8 Å². The number of hydrogen-bond acceptors (Lipinski definition) is 3. The largest absolute Gasteiger partial charge is 0.366 e. The Morgan fingerprint density at radius 1 is 1.23 bits per heavy atom. The summed E-state index contributed by atoms with van der Waals surface area (Å²) in [4.78, 5) is 24.8. The van der Waals surface area contributed by atoms with E-state index in [2.05, 4.69) is 6.58 Å². The van der Waals surface area contributed by atoms with Crippen LogP contribution in [-0.4, -0.2) is 11.8 Å². The second kappa shape index (κ2) is 6.48. The number of thiophene rings is 1. The molecule has 2 aromatic rings. The van der Waals surface area contributed by atoms with Gasteiger partial charge in [0.05, 0.1) is 17.8 Å². The third-order valence-electron chi connectivity index (χ3n) is 2.85. The Balaban J connectivity index is 2.35.